The maximum absolute atomic E-state index is 11.6. The highest BCUT2D eigenvalue weighted by molar-refractivity contribution is 5.86. The van der Waals surface area contributed by atoms with Gasteiger partial charge in [0.1, 0.15) is 0 Å². The summed E-state index contributed by atoms with van der Waals surface area (Å²) >= 11 is 0. The van der Waals surface area contributed by atoms with E-state index in [-0.39, 0.29) is 11.8 Å². The van der Waals surface area contributed by atoms with Gasteiger partial charge in [0.25, 0.3) is 0 Å². The van der Waals surface area contributed by atoms with E-state index in [0.29, 0.717) is 12.8 Å². The number of carbonyl (C=O) groups is 2. The number of carbonyl (C=O) groups excluding carboxylic acids is 2. The second-order valence-electron chi connectivity index (χ2n) is 4.77. The lowest BCUT2D eigenvalue weighted by molar-refractivity contribution is -0.163. The maximum atomic E-state index is 11.6. The van der Waals surface area contributed by atoms with Crippen LogP contribution in [-0.2, 0) is 14.3 Å². The van der Waals surface area contributed by atoms with E-state index in [1.54, 1.807) is 20.8 Å². The molecule has 0 aliphatic heterocycles. The Morgan fingerprint density at radius 1 is 1.20 bits per heavy atom. The molecule has 0 aliphatic carbocycles. The highest BCUT2D eigenvalue weighted by atomic mass is 16.5. The van der Waals surface area contributed by atoms with Crippen LogP contribution in [0.3, 0.4) is 0 Å². The van der Waals surface area contributed by atoms with Crippen LogP contribution < -0.4 is 0 Å². The first-order chi connectivity index (χ1) is 6.82. The third-order valence-corrected chi connectivity index (χ3v) is 2.09. The number of hydrogen-bond acceptors (Lipinski definition) is 3. The van der Waals surface area contributed by atoms with Crippen molar-refractivity contribution < 1.29 is 14.3 Å². The zero-order valence-electron chi connectivity index (χ0n) is 10.4. The van der Waals surface area contributed by atoms with Crippen molar-refractivity contribution in [1.29, 1.82) is 0 Å². The molecule has 0 saturated heterocycles. The third kappa shape index (κ3) is 4.96. The van der Waals surface area contributed by atoms with Crippen LogP contribution in [0.2, 0.25) is 0 Å². The van der Waals surface area contributed by atoms with Gasteiger partial charge in [-0.1, -0.05) is 13.8 Å². The summed E-state index contributed by atoms with van der Waals surface area (Å²) in [7, 11) is 0. The molecule has 0 fully saturated rings. The molecule has 0 heterocycles. The summed E-state index contributed by atoms with van der Waals surface area (Å²) in [6.07, 6.45) is 1.27. The molecule has 88 valence electrons. The van der Waals surface area contributed by atoms with Crippen LogP contribution in [-0.4, -0.2) is 17.9 Å². The summed E-state index contributed by atoms with van der Waals surface area (Å²) in [4.78, 5) is 23.1. The van der Waals surface area contributed by atoms with Gasteiger partial charge in [0, 0.05) is 6.42 Å². The fraction of sp³-hybridized carbons (Fsp3) is 0.833. The Labute approximate surface area is 92.2 Å². The second-order valence-corrected chi connectivity index (χ2v) is 4.77. The molecule has 0 aromatic rings. The van der Waals surface area contributed by atoms with Crippen molar-refractivity contribution in [3.05, 3.63) is 0 Å². The van der Waals surface area contributed by atoms with E-state index in [1.165, 1.54) is 0 Å². The highest BCUT2D eigenvalue weighted by Crippen LogP contribution is 2.18. The van der Waals surface area contributed by atoms with Crippen molar-refractivity contribution in [2.24, 2.45) is 5.41 Å². The van der Waals surface area contributed by atoms with Crippen molar-refractivity contribution >= 4 is 11.8 Å². The second kappa shape index (κ2) is 5.89. The Bertz CT molecular complexity index is 226. The molecule has 0 aromatic heterocycles. The number of rotatable bonds is 5. The summed E-state index contributed by atoms with van der Waals surface area (Å²) in [5, 5.41) is 0. The van der Waals surface area contributed by atoms with Crippen molar-refractivity contribution in [2.75, 3.05) is 0 Å². The molecular formula is C12H22O3. The summed E-state index contributed by atoms with van der Waals surface area (Å²) in [6, 6.07) is 0. The predicted octanol–water partition coefficient (Wildman–Crippen LogP) is 2.72. The Balaban J connectivity index is 4.34. The molecule has 0 rings (SSSR count). The topological polar surface area (TPSA) is 43.4 Å². The molecule has 1 unspecified atom stereocenters. The molecule has 0 bridgehead atoms. The van der Waals surface area contributed by atoms with E-state index < -0.39 is 11.5 Å². The van der Waals surface area contributed by atoms with Gasteiger partial charge in [0.2, 0.25) is 0 Å². The Hall–Kier alpha value is -0.860. The smallest absolute Gasteiger partial charge is 0.311 e. The minimum Gasteiger partial charge on any atom is -0.454 e. The first-order valence-corrected chi connectivity index (χ1v) is 5.56. The van der Waals surface area contributed by atoms with Gasteiger partial charge in [0.05, 0.1) is 5.41 Å². The molecule has 0 N–H and O–H groups in total. The average molecular weight is 214 g/mol. The Kier molecular flexibility index (Phi) is 5.55. The third-order valence-electron chi connectivity index (χ3n) is 2.09. The molecular weight excluding hydrogens is 192 g/mol. The number of hydrogen-bond donors (Lipinski definition) is 0. The fourth-order valence-corrected chi connectivity index (χ4v) is 1.09. The zero-order chi connectivity index (χ0) is 12.1. The van der Waals surface area contributed by atoms with Crippen molar-refractivity contribution in [2.45, 2.75) is 60.0 Å². The van der Waals surface area contributed by atoms with E-state index in [1.807, 2.05) is 13.8 Å². The van der Waals surface area contributed by atoms with E-state index in [4.69, 9.17) is 4.74 Å². The lowest BCUT2D eigenvalue weighted by atomic mass is 9.97. The van der Waals surface area contributed by atoms with Crippen LogP contribution >= 0.6 is 0 Å². The van der Waals surface area contributed by atoms with Gasteiger partial charge in [0.15, 0.2) is 11.9 Å². The first-order valence-electron chi connectivity index (χ1n) is 5.56. The van der Waals surface area contributed by atoms with E-state index in [2.05, 4.69) is 0 Å². The van der Waals surface area contributed by atoms with Crippen molar-refractivity contribution in [3.8, 4) is 0 Å². The molecule has 0 spiro atoms. The van der Waals surface area contributed by atoms with Crippen LogP contribution in [0.5, 0.6) is 0 Å². The number of esters is 1. The molecule has 0 amide bonds. The van der Waals surface area contributed by atoms with Gasteiger partial charge in [-0.05, 0) is 33.6 Å². The van der Waals surface area contributed by atoms with Gasteiger partial charge in [-0.15, -0.1) is 0 Å². The summed E-state index contributed by atoms with van der Waals surface area (Å²) in [5.41, 5.74) is -0.542. The van der Waals surface area contributed by atoms with Gasteiger partial charge < -0.3 is 4.74 Å². The first kappa shape index (κ1) is 14.1. The minimum absolute atomic E-state index is 0.0256. The Morgan fingerprint density at radius 3 is 2.07 bits per heavy atom. The molecule has 0 radical (unpaired) electrons. The van der Waals surface area contributed by atoms with Crippen LogP contribution in [0.15, 0.2) is 0 Å². The fourth-order valence-electron chi connectivity index (χ4n) is 1.09. The number of ketones is 1. The largest absolute Gasteiger partial charge is 0.454 e. The minimum atomic E-state index is -0.559. The van der Waals surface area contributed by atoms with Gasteiger partial charge in [-0.25, -0.2) is 0 Å². The zero-order valence-corrected chi connectivity index (χ0v) is 10.4. The quantitative estimate of drug-likeness (QED) is 0.661. The molecule has 0 aliphatic rings. The summed E-state index contributed by atoms with van der Waals surface area (Å²) < 4.78 is 5.19. The van der Waals surface area contributed by atoms with E-state index in [9.17, 15) is 9.59 Å². The van der Waals surface area contributed by atoms with E-state index in [0.717, 1.165) is 6.42 Å². The van der Waals surface area contributed by atoms with Gasteiger partial charge >= 0.3 is 5.97 Å². The van der Waals surface area contributed by atoms with Gasteiger partial charge in [-0.2, -0.15) is 0 Å². The standard InChI is InChI=1S/C12H22O3/c1-6-8-9(13)10(7-2)15-11(14)12(3,4)5/h10H,6-8H2,1-5H3. The predicted molar refractivity (Wildman–Crippen MR) is 59.5 cm³/mol. The number of ether oxygens (including phenoxy) is 1. The lowest BCUT2D eigenvalue weighted by Crippen LogP contribution is -2.32. The maximum Gasteiger partial charge on any atom is 0.311 e. The molecule has 15 heavy (non-hydrogen) atoms. The van der Waals surface area contributed by atoms with Crippen molar-refractivity contribution in [1.82, 2.24) is 0 Å². The lowest BCUT2D eigenvalue weighted by Gasteiger charge is -2.21. The molecule has 3 heteroatoms. The monoisotopic (exact) mass is 214 g/mol. The molecule has 3 nitrogen and oxygen atoms in total. The van der Waals surface area contributed by atoms with Gasteiger partial charge in [-0.3, -0.25) is 9.59 Å². The molecule has 0 aromatic carbocycles. The summed E-state index contributed by atoms with van der Waals surface area (Å²) in [5.74, 6) is -0.281. The average Bonchev–Trinajstić information content (AvgIpc) is 2.12. The van der Waals surface area contributed by atoms with Crippen LogP contribution in [0, 0.1) is 5.41 Å². The normalized spacial score (nSPS) is 13.4. The molecule has 0 saturated carbocycles. The van der Waals surface area contributed by atoms with Crippen LogP contribution in [0.25, 0.3) is 0 Å². The van der Waals surface area contributed by atoms with Crippen LogP contribution in [0.1, 0.15) is 53.9 Å². The highest BCUT2D eigenvalue weighted by Gasteiger charge is 2.28. The summed E-state index contributed by atoms with van der Waals surface area (Å²) in [6.45, 7) is 9.15. The van der Waals surface area contributed by atoms with Crippen molar-refractivity contribution in [3.63, 3.8) is 0 Å². The van der Waals surface area contributed by atoms with E-state index >= 15 is 0 Å². The molecule has 1 atom stereocenters. The number of Topliss-reactive ketones (excluding diaryl/α,β-unsaturated/α-hetero) is 1. The SMILES string of the molecule is CCCC(=O)C(CC)OC(=O)C(C)(C)C. The van der Waals surface area contributed by atoms with Crippen LogP contribution in [0.4, 0.5) is 0 Å². The Morgan fingerprint density at radius 2 is 1.73 bits per heavy atom.